The van der Waals surface area contributed by atoms with Gasteiger partial charge in [0.05, 0.1) is 12.8 Å². The average Bonchev–Trinajstić information content (AvgIpc) is 2.87. The number of imidazole rings is 1. The van der Waals surface area contributed by atoms with Crippen molar-refractivity contribution in [1.82, 2.24) is 9.55 Å². The smallest absolute Gasteiger partial charge is 0.359 e. The Labute approximate surface area is 130 Å². The number of aromatic carboxylic acids is 1. The number of methoxy groups -OCH3 is 1. The number of esters is 1. The summed E-state index contributed by atoms with van der Waals surface area (Å²) in [5, 5.41) is 9.92. The number of halogens is 1. The maximum absolute atomic E-state index is 11.8. The first-order valence-electron chi connectivity index (χ1n) is 6.30. The molecule has 0 spiro atoms. The zero-order valence-electron chi connectivity index (χ0n) is 11.7. The van der Waals surface area contributed by atoms with Gasteiger partial charge in [0, 0.05) is 5.02 Å². The minimum absolute atomic E-state index is 0.0470. The molecule has 0 saturated carbocycles. The highest BCUT2D eigenvalue weighted by Gasteiger charge is 2.32. The predicted octanol–water partition coefficient (Wildman–Crippen LogP) is 2.21. The first kappa shape index (κ1) is 14.4. The van der Waals surface area contributed by atoms with E-state index in [1.165, 1.54) is 4.57 Å². The minimum Gasteiger partial charge on any atom is -0.483 e. The van der Waals surface area contributed by atoms with Gasteiger partial charge in [0.2, 0.25) is 0 Å². The van der Waals surface area contributed by atoms with Crippen LogP contribution in [0.15, 0.2) is 12.1 Å². The Morgan fingerprint density at radius 2 is 2.18 bits per heavy atom. The van der Waals surface area contributed by atoms with Crippen LogP contribution in [0, 0.1) is 6.92 Å². The van der Waals surface area contributed by atoms with Crippen molar-refractivity contribution in [3.05, 3.63) is 39.9 Å². The van der Waals surface area contributed by atoms with Gasteiger partial charge in [-0.25, -0.2) is 14.6 Å². The van der Waals surface area contributed by atoms with Crippen molar-refractivity contribution < 1.29 is 24.2 Å². The van der Waals surface area contributed by atoms with Gasteiger partial charge in [0.15, 0.2) is 17.2 Å². The summed E-state index contributed by atoms with van der Waals surface area (Å²) in [5.41, 5.74) is 0.690. The van der Waals surface area contributed by atoms with Gasteiger partial charge in [-0.3, -0.25) is 4.57 Å². The molecule has 0 amide bonds. The van der Waals surface area contributed by atoms with Crippen LogP contribution in [-0.2, 0) is 11.3 Å². The van der Waals surface area contributed by atoms with Crippen molar-refractivity contribution in [2.45, 2.75) is 13.5 Å². The number of carbonyl (C=O) groups excluding carboxylic acids is 1. The molecule has 0 bridgehead atoms. The van der Waals surface area contributed by atoms with Crippen molar-refractivity contribution in [3.8, 4) is 11.4 Å². The van der Waals surface area contributed by atoms with Crippen LogP contribution in [0.3, 0.4) is 0 Å². The van der Waals surface area contributed by atoms with Gasteiger partial charge in [0.1, 0.15) is 12.4 Å². The van der Waals surface area contributed by atoms with Gasteiger partial charge < -0.3 is 14.6 Å². The molecule has 0 fully saturated rings. The monoisotopic (exact) mass is 322 g/mol. The first-order valence-corrected chi connectivity index (χ1v) is 6.68. The molecule has 114 valence electrons. The van der Waals surface area contributed by atoms with Crippen LogP contribution in [0.5, 0.6) is 5.75 Å². The molecule has 8 heteroatoms. The highest BCUT2D eigenvalue weighted by Crippen LogP contribution is 2.36. The number of rotatable bonds is 2. The zero-order chi connectivity index (χ0) is 16.0. The molecule has 0 radical (unpaired) electrons. The summed E-state index contributed by atoms with van der Waals surface area (Å²) in [5.74, 6) is -1.33. The summed E-state index contributed by atoms with van der Waals surface area (Å²) >= 11 is 6.11. The molecule has 0 aliphatic carbocycles. The Morgan fingerprint density at radius 1 is 1.45 bits per heavy atom. The van der Waals surface area contributed by atoms with Gasteiger partial charge in [-0.15, -0.1) is 0 Å². The number of carboxylic acid groups (broad SMARTS) is 1. The van der Waals surface area contributed by atoms with E-state index in [1.807, 2.05) is 6.92 Å². The van der Waals surface area contributed by atoms with E-state index in [2.05, 4.69) is 9.72 Å². The van der Waals surface area contributed by atoms with E-state index in [0.29, 0.717) is 22.3 Å². The molecule has 1 aliphatic rings. The summed E-state index contributed by atoms with van der Waals surface area (Å²) in [4.78, 5) is 27.4. The van der Waals surface area contributed by atoms with E-state index in [-0.39, 0.29) is 18.0 Å². The van der Waals surface area contributed by atoms with Crippen molar-refractivity contribution in [2.24, 2.45) is 0 Å². The Kier molecular flexibility index (Phi) is 3.29. The minimum atomic E-state index is -1.29. The number of hydrogen-bond donors (Lipinski definition) is 1. The van der Waals surface area contributed by atoms with Crippen LogP contribution in [0.1, 0.15) is 32.4 Å². The number of fused-ring (bicyclic) bond motifs is 3. The fourth-order valence-electron chi connectivity index (χ4n) is 2.34. The van der Waals surface area contributed by atoms with Gasteiger partial charge in [0.25, 0.3) is 0 Å². The normalized spacial score (nSPS) is 12.1. The van der Waals surface area contributed by atoms with E-state index < -0.39 is 11.9 Å². The molecule has 1 N–H and O–H groups in total. The maximum Gasteiger partial charge on any atom is 0.359 e. The van der Waals surface area contributed by atoms with Crippen LogP contribution in [0.2, 0.25) is 5.02 Å². The number of ether oxygens (including phenoxy) is 2. The van der Waals surface area contributed by atoms with E-state index in [9.17, 15) is 14.7 Å². The second-order valence-electron chi connectivity index (χ2n) is 4.72. The van der Waals surface area contributed by atoms with Crippen LogP contribution in [0.4, 0.5) is 0 Å². The van der Waals surface area contributed by atoms with Crippen molar-refractivity contribution in [1.29, 1.82) is 0 Å². The molecule has 1 aliphatic heterocycles. The number of nitrogens with zero attached hydrogens (tertiary/aromatic N) is 2. The number of aromatic nitrogens is 2. The lowest BCUT2D eigenvalue weighted by molar-refractivity contribution is 0.0575. The SMILES string of the molecule is COC(=O)c1nc2n(c1C(=O)O)-c1cc(Cl)c(C)cc1OC2. The Balaban J connectivity index is 2.32. The highest BCUT2D eigenvalue weighted by molar-refractivity contribution is 6.31. The third-order valence-electron chi connectivity index (χ3n) is 3.37. The van der Waals surface area contributed by atoms with Gasteiger partial charge in [-0.05, 0) is 24.6 Å². The van der Waals surface area contributed by atoms with Crippen molar-refractivity contribution >= 4 is 23.5 Å². The molecule has 2 aromatic rings. The number of carboxylic acids is 1. The van der Waals surface area contributed by atoms with Crippen LogP contribution < -0.4 is 4.74 Å². The predicted molar refractivity (Wildman–Crippen MR) is 75.9 cm³/mol. The van der Waals surface area contributed by atoms with Crippen LogP contribution in [-0.4, -0.2) is 33.7 Å². The molecule has 7 nitrogen and oxygen atoms in total. The highest BCUT2D eigenvalue weighted by atomic mass is 35.5. The average molecular weight is 323 g/mol. The van der Waals surface area contributed by atoms with Gasteiger partial charge in [-0.2, -0.15) is 0 Å². The van der Waals surface area contributed by atoms with E-state index >= 15 is 0 Å². The number of carbonyl (C=O) groups is 2. The number of hydrogen-bond acceptors (Lipinski definition) is 5. The molecule has 0 saturated heterocycles. The molecule has 1 aromatic carbocycles. The summed E-state index contributed by atoms with van der Waals surface area (Å²) in [6.07, 6.45) is 0. The molecular weight excluding hydrogens is 312 g/mol. The maximum atomic E-state index is 11.8. The molecule has 3 rings (SSSR count). The van der Waals surface area contributed by atoms with Crippen LogP contribution in [0.25, 0.3) is 5.69 Å². The third kappa shape index (κ3) is 2.01. The van der Waals surface area contributed by atoms with Crippen molar-refractivity contribution in [3.63, 3.8) is 0 Å². The lowest BCUT2D eigenvalue weighted by Gasteiger charge is -2.21. The Bertz CT molecular complexity index is 812. The quantitative estimate of drug-likeness (QED) is 0.852. The molecule has 22 heavy (non-hydrogen) atoms. The van der Waals surface area contributed by atoms with Gasteiger partial charge >= 0.3 is 11.9 Å². The first-order chi connectivity index (χ1) is 10.4. The lowest BCUT2D eigenvalue weighted by atomic mass is 10.2. The third-order valence-corrected chi connectivity index (χ3v) is 3.77. The van der Waals surface area contributed by atoms with E-state index in [0.717, 1.165) is 12.7 Å². The second kappa shape index (κ2) is 5.03. The largest absolute Gasteiger partial charge is 0.483 e. The molecule has 1 aromatic heterocycles. The standard InChI is InChI=1S/C14H11ClN2O5/c1-6-3-9-8(4-7(6)15)17-10(5-22-9)16-11(14(20)21-2)12(17)13(18)19/h3-4H,5H2,1-2H3,(H,18,19). The van der Waals surface area contributed by atoms with Gasteiger partial charge in [-0.1, -0.05) is 11.6 Å². The topological polar surface area (TPSA) is 90.7 Å². The number of aryl methyl sites for hydroxylation is 1. The lowest BCUT2D eigenvalue weighted by Crippen LogP contribution is -2.18. The molecular formula is C14H11ClN2O5. The van der Waals surface area contributed by atoms with E-state index in [1.54, 1.807) is 12.1 Å². The Hall–Kier alpha value is -2.54. The molecule has 2 heterocycles. The Morgan fingerprint density at radius 3 is 2.82 bits per heavy atom. The van der Waals surface area contributed by atoms with Crippen molar-refractivity contribution in [2.75, 3.05) is 7.11 Å². The summed E-state index contributed by atoms with van der Waals surface area (Å²) < 4.78 is 11.5. The second-order valence-corrected chi connectivity index (χ2v) is 5.12. The molecule has 0 unspecified atom stereocenters. The fourth-order valence-corrected chi connectivity index (χ4v) is 2.49. The summed E-state index contributed by atoms with van der Waals surface area (Å²) in [6.45, 7) is 1.86. The zero-order valence-corrected chi connectivity index (χ0v) is 12.5. The summed E-state index contributed by atoms with van der Waals surface area (Å²) in [7, 11) is 1.16. The van der Waals surface area contributed by atoms with Crippen LogP contribution >= 0.6 is 11.6 Å². The summed E-state index contributed by atoms with van der Waals surface area (Å²) in [6, 6.07) is 3.30. The van der Waals surface area contributed by atoms with E-state index in [4.69, 9.17) is 16.3 Å². The fraction of sp³-hybridized carbons (Fsp3) is 0.214. The number of benzene rings is 1. The molecule has 0 atom stereocenters.